The van der Waals surface area contributed by atoms with E-state index in [1.165, 1.54) is 6.20 Å². The molecule has 80 valence electrons. The van der Waals surface area contributed by atoms with Gasteiger partial charge in [-0.1, -0.05) is 6.07 Å². The molecule has 0 radical (unpaired) electrons. The van der Waals surface area contributed by atoms with E-state index in [4.69, 9.17) is 5.73 Å². The number of aromatic nitrogens is 2. The minimum absolute atomic E-state index is 0.305. The fourth-order valence-corrected chi connectivity index (χ4v) is 1.16. The maximum absolute atomic E-state index is 11.7. The lowest BCUT2D eigenvalue weighted by atomic mass is 10.3. The number of carbonyl (C=O) groups excluding carboxylic acids is 1. The molecule has 0 bridgehead atoms. The van der Waals surface area contributed by atoms with Crippen molar-refractivity contribution >= 4 is 17.4 Å². The van der Waals surface area contributed by atoms with Crippen LogP contribution >= 0.6 is 0 Å². The number of hydrogen-bond acceptors (Lipinski definition) is 4. The van der Waals surface area contributed by atoms with Gasteiger partial charge < -0.3 is 11.1 Å². The van der Waals surface area contributed by atoms with Crippen LogP contribution in [0.15, 0.2) is 42.7 Å². The van der Waals surface area contributed by atoms with Crippen molar-refractivity contribution in [2.75, 3.05) is 11.1 Å². The largest absolute Gasteiger partial charge is 0.397 e. The van der Waals surface area contributed by atoms with Crippen LogP contribution in [0.2, 0.25) is 0 Å². The molecule has 0 aliphatic rings. The monoisotopic (exact) mass is 214 g/mol. The molecule has 0 unspecified atom stereocenters. The van der Waals surface area contributed by atoms with Crippen LogP contribution in [0, 0.1) is 0 Å². The highest BCUT2D eigenvalue weighted by molar-refractivity contribution is 6.02. The molecule has 0 aliphatic heterocycles. The summed E-state index contributed by atoms with van der Waals surface area (Å²) in [6, 6.07) is 8.46. The molecular formula is C11H10N4O. The molecular weight excluding hydrogens is 204 g/mol. The first-order valence-corrected chi connectivity index (χ1v) is 4.69. The van der Waals surface area contributed by atoms with Crippen molar-refractivity contribution in [2.45, 2.75) is 0 Å². The molecule has 0 spiro atoms. The Morgan fingerprint density at radius 2 is 2.06 bits per heavy atom. The summed E-state index contributed by atoms with van der Waals surface area (Å²) in [5.41, 5.74) is 6.30. The molecule has 0 aromatic carbocycles. The lowest BCUT2D eigenvalue weighted by molar-refractivity contribution is 0.102. The predicted molar refractivity (Wildman–Crippen MR) is 60.8 cm³/mol. The van der Waals surface area contributed by atoms with Crippen LogP contribution < -0.4 is 11.1 Å². The Bertz CT molecular complexity index is 481. The van der Waals surface area contributed by atoms with Gasteiger partial charge in [0.1, 0.15) is 11.5 Å². The zero-order valence-electron chi connectivity index (χ0n) is 8.42. The molecule has 2 aromatic rings. The highest BCUT2D eigenvalue weighted by Gasteiger charge is 2.06. The Balaban J connectivity index is 2.12. The fraction of sp³-hybridized carbons (Fsp3) is 0. The SMILES string of the molecule is Nc1ccc(C(=O)Nc2ccccn2)nc1. The third-order valence-electron chi connectivity index (χ3n) is 1.93. The first-order valence-electron chi connectivity index (χ1n) is 4.69. The van der Waals surface area contributed by atoms with Gasteiger partial charge in [-0.2, -0.15) is 0 Å². The van der Waals surface area contributed by atoms with Crippen molar-refractivity contribution in [3.8, 4) is 0 Å². The Hall–Kier alpha value is -2.43. The third kappa shape index (κ3) is 2.33. The Morgan fingerprint density at radius 3 is 2.69 bits per heavy atom. The molecule has 3 N–H and O–H groups in total. The van der Waals surface area contributed by atoms with Crippen molar-refractivity contribution in [3.05, 3.63) is 48.4 Å². The van der Waals surface area contributed by atoms with Crippen molar-refractivity contribution in [1.29, 1.82) is 0 Å². The molecule has 0 aliphatic carbocycles. The summed E-state index contributed by atoms with van der Waals surface area (Å²) < 4.78 is 0. The van der Waals surface area contributed by atoms with Crippen molar-refractivity contribution < 1.29 is 4.79 Å². The fourth-order valence-electron chi connectivity index (χ4n) is 1.16. The Kier molecular flexibility index (Phi) is 2.77. The quantitative estimate of drug-likeness (QED) is 0.789. The lowest BCUT2D eigenvalue weighted by Gasteiger charge is -2.03. The van der Waals surface area contributed by atoms with E-state index in [2.05, 4.69) is 15.3 Å². The van der Waals surface area contributed by atoms with Crippen LogP contribution in [-0.4, -0.2) is 15.9 Å². The van der Waals surface area contributed by atoms with Crippen molar-refractivity contribution in [3.63, 3.8) is 0 Å². The van der Waals surface area contributed by atoms with E-state index < -0.39 is 0 Å². The highest BCUT2D eigenvalue weighted by Crippen LogP contribution is 2.05. The second-order valence-electron chi connectivity index (χ2n) is 3.15. The van der Waals surface area contributed by atoms with E-state index in [9.17, 15) is 4.79 Å². The zero-order chi connectivity index (χ0) is 11.4. The molecule has 2 heterocycles. The Morgan fingerprint density at radius 1 is 1.19 bits per heavy atom. The summed E-state index contributed by atoms with van der Waals surface area (Å²) in [5, 5.41) is 2.62. The van der Waals surface area contributed by atoms with Gasteiger partial charge >= 0.3 is 0 Å². The maximum Gasteiger partial charge on any atom is 0.275 e. The third-order valence-corrected chi connectivity index (χ3v) is 1.93. The number of anilines is 2. The summed E-state index contributed by atoms with van der Waals surface area (Å²) in [5.74, 6) is 0.185. The van der Waals surface area contributed by atoms with Gasteiger partial charge in [-0.15, -0.1) is 0 Å². The lowest BCUT2D eigenvalue weighted by Crippen LogP contribution is -2.14. The maximum atomic E-state index is 11.7. The van der Waals surface area contributed by atoms with Gasteiger partial charge in [0, 0.05) is 6.20 Å². The van der Waals surface area contributed by atoms with Crippen molar-refractivity contribution in [1.82, 2.24) is 9.97 Å². The summed E-state index contributed by atoms with van der Waals surface area (Å²) in [6.07, 6.45) is 3.04. The van der Waals surface area contributed by atoms with Crippen LogP contribution in [0.1, 0.15) is 10.5 Å². The minimum Gasteiger partial charge on any atom is -0.397 e. The molecule has 2 aromatic heterocycles. The summed E-state index contributed by atoms with van der Waals surface area (Å²) in [6.45, 7) is 0. The van der Waals surface area contributed by atoms with Crippen molar-refractivity contribution in [2.24, 2.45) is 0 Å². The zero-order valence-corrected chi connectivity index (χ0v) is 8.42. The summed E-state index contributed by atoms with van der Waals surface area (Å²) in [7, 11) is 0. The molecule has 1 amide bonds. The van der Waals surface area contributed by atoms with E-state index in [-0.39, 0.29) is 5.91 Å². The molecule has 5 nitrogen and oxygen atoms in total. The average molecular weight is 214 g/mol. The van der Waals surface area contributed by atoms with E-state index in [0.717, 1.165) is 0 Å². The van der Waals surface area contributed by atoms with Gasteiger partial charge in [-0.3, -0.25) is 4.79 Å². The van der Waals surface area contributed by atoms with Crippen LogP contribution in [0.5, 0.6) is 0 Å². The van der Waals surface area contributed by atoms with Gasteiger partial charge in [0.05, 0.1) is 11.9 Å². The van der Waals surface area contributed by atoms with E-state index in [0.29, 0.717) is 17.2 Å². The first-order chi connectivity index (χ1) is 7.75. The summed E-state index contributed by atoms with van der Waals surface area (Å²) >= 11 is 0. The van der Waals surface area contributed by atoms with E-state index in [1.54, 1.807) is 36.5 Å². The number of nitrogens with zero attached hydrogens (tertiary/aromatic N) is 2. The van der Waals surface area contributed by atoms with Crippen LogP contribution in [0.4, 0.5) is 11.5 Å². The number of nitrogen functional groups attached to an aromatic ring is 1. The number of carbonyl (C=O) groups is 1. The minimum atomic E-state index is -0.307. The number of amides is 1. The highest BCUT2D eigenvalue weighted by atomic mass is 16.1. The number of nitrogens with one attached hydrogen (secondary N) is 1. The second-order valence-corrected chi connectivity index (χ2v) is 3.15. The molecule has 16 heavy (non-hydrogen) atoms. The molecule has 0 atom stereocenters. The standard InChI is InChI=1S/C11H10N4O/c12-8-4-5-9(14-7-8)11(16)15-10-3-1-2-6-13-10/h1-7H,12H2,(H,13,15,16). The summed E-state index contributed by atoms with van der Waals surface area (Å²) in [4.78, 5) is 19.6. The van der Waals surface area contributed by atoms with Crippen LogP contribution in [0.25, 0.3) is 0 Å². The van der Waals surface area contributed by atoms with Gasteiger partial charge in [-0.05, 0) is 24.3 Å². The van der Waals surface area contributed by atoms with Gasteiger partial charge in [0.25, 0.3) is 5.91 Å². The molecule has 2 rings (SSSR count). The molecule has 0 fully saturated rings. The topological polar surface area (TPSA) is 80.9 Å². The second kappa shape index (κ2) is 4.39. The first kappa shape index (κ1) is 10.1. The number of rotatable bonds is 2. The van der Waals surface area contributed by atoms with Gasteiger partial charge in [0.2, 0.25) is 0 Å². The smallest absolute Gasteiger partial charge is 0.275 e. The van der Waals surface area contributed by atoms with Crippen LogP contribution in [-0.2, 0) is 0 Å². The Labute approximate surface area is 92.3 Å². The van der Waals surface area contributed by atoms with Gasteiger partial charge in [-0.25, -0.2) is 9.97 Å². The number of hydrogen-bond donors (Lipinski definition) is 2. The van der Waals surface area contributed by atoms with E-state index >= 15 is 0 Å². The molecule has 5 heteroatoms. The van der Waals surface area contributed by atoms with Gasteiger partial charge in [0.15, 0.2) is 0 Å². The predicted octanol–water partition coefficient (Wildman–Crippen LogP) is 1.31. The number of nitrogens with two attached hydrogens (primary N) is 1. The van der Waals surface area contributed by atoms with E-state index in [1.807, 2.05) is 0 Å². The van der Waals surface area contributed by atoms with Crippen LogP contribution in [0.3, 0.4) is 0 Å². The normalized spacial score (nSPS) is 9.75. The average Bonchev–Trinajstić information content (AvgIpc) is 2.31. The number of pyridine rings is 2. The molecule has 0 saturated heterocycles. The molecule has 0 saturated carbocycles.